The fourth-order valence-electron chi connectivity index (χ4n) is 2.18. The van der Waals surface area contributed by atoms with E-state index in [1.54, 1.807) is 30.5 Å². The number of benzene rings is 2. The Morgan fingerprint density at radius 1 is 0.958 bits per heavy atom. The van der Waals surface area contributed by atoms with Crippen LogP contribution in [0.3, 0.4) is 0 Å². The number of pyridine rings is 1. The van der Waals surface area contributed by atoms with Crippen molar-refractivity contribution in [3.05, 3.63) is 90.0 Å². The lowest BCUT2D eigenvalue weighted by Crippen LogP contribution is -2.11. The first kappa shape index (κ1) is 15.7. The third-order valence-electron chi connectivity index (χ3n) is 3.48. The first-order valence-electron chi connectivity index (χ1n) is 7.50. The van der Waals surface area contributed by atoms with Gasteiger partial charge in [-0.2, -0.15) is 0 Å². The second kappa shape index (κ2) is 7.37. The third kappa shape index (κ3) is 4.16. The van der Waals surface area contributed by atoms with Crippen molar-refractivity contribution < 1.29 is 9.18 Å². The number of halogens is 1. The molecular weight excluding hydrogens is 305 g/mol. The second-order valence-electron chi connectivity index (χ2n) is 5.25. The molecule has 0 unspecified atom stereocenters. The van der Waals surface area contributed by atoms with E-state index in [1.807, 2.05) is 24.3 Å². The maximum atomic E-state index is 12.9. The van der Waals surface area contributed by atoms with Gasteiger partial charge in [-0.25, -0.2) is 4.39 Å². The normalized spacial score (nSPS) is 10.2. The topological polar surface area (TPSA) is 54.0 Å². The highest BCUT2D eigenvalue weighted by molar-refractivity contribution is 6.04. The van der Waals surface area contributed by atoms with Gasteiger partial charge < -0.3 is 10.6 Å². The van der Waals surface area contributed by atoms with E-state index in [0.29, 0.717) is 17.8 Å². The fourth-order valence-corrected chi connectivity index (χ4v) is 2.18. The average Bonchev–Trinajstić information content (AvgIpc) is 2.63. The molecule has 1 amide bonds. The van der Waals surface area contributed by atoms with Crippen LogP contribution in [0.15, 0.2) is 73.1 Å². The van der Waals surface area contributed by atoms with Crippen molar-refractivity contribution in [2.24, 2.45) is 0 Å². The number of rotatable bonds is 5. The highest BCUT2D eigenvalue weighted by atomic mass is 19.1. The highest BCUT2D eigenvalue weighted by Gasteiger charge is 2.05. The van der Waals surface area contributed by atoms with Gasteiger partial charge in [0, 0.05) is 30.3 Å². The van der Waals surface area contributed by atoms with Gasteiger partial charge in [-0.1, -0.05) is 12.1 Å². The summed E-state index contributed by atoms with van der Waals surface area (Å²) in [5.41, 5.74) is 3.12. The van der Waals surface area contributed by atoms with Crippen molar-refractivity contribution in [2.75, 3.05) is 10.6 Å². The standard InChI is InChI=1S/C19H16FN3O/c20-16-5-3-14(4-6-16)12-22-17-7-9-18(10-8-17)23-19(24)15-2-1-11-21-13-15/h1-11,13,22H,12H2,(H,23,24). The van der Waals surface area contributed by atoms with Crippen LogP contribution in [0.4, 0.5) is 15.8 Å². The van der Waals surface area contributed by atoms with E-state index in [-0.39, 0.29) is 11.7 Å². The van der Waals surface area contributed by atoms with Crippen LogP contribution in [0.2, 0.25) is 0 Å². The van der Waals surface area contributed by atoms with Gasteiger partial charge in [0.2, 0.25) is 0 Å². The van der Waals surface area contributed by atoms with Crippen molar-refractivity contribution >= 4 is 17.3 Å². The monoisotopic (exact) mass is 321 g/mol. The molecule has 4 nitrogen and oxygen atoms in total. The maximum absolute atomic E-state index is 12.9. The molecule has 1 heterocycles. The molecule has 3 rings (SSSR count). The number of hydrogen-bond donors (Lipinski definition) is 2. The van der Waals surface area contributed by atoms with Crippen molar-refractivity contribution in [3.8, 4) is 0 Å². The molecule has 0 saturated heterocycles. The molecule has 0 saturated carbocycles. The van der Waals surface area contributed by atoms with Gasteiger partial charge in [-0.15, -0.1) is 0 Å². The number of hydrogen-bond acceptors (Lipinski definition) is 3. The predicted octanol–water partition coefficient (Wildman–Crippen LogP) is 4.09. The summed E-state index contributed by atoms with van der Waals surface area (Å²) in [7, 11) is 0. The minimum absolute atomic E-state index is 0.199. The predicted molar refractivity (Wildman–Crippen MR) is 92.4 cm³/mol. The molecule has 0 aliphatic carbocycles. The summed E-state index contributed by atoms with van der Waals surface area (Å²) >= 11 is 0. The van der Waals surface area contributed by atoms with Gasteiger partial charge in [-0.3, -0.25) is 9.78 Å². The van der Waals surface area contributed by atoms with Gasteiger partial charge in [0.05, 0.1) is 5.56 Å². The maximum Gasteiger partial charge on any atom is 0.257 e. The van der Waals surface area contributed by atoms with Crippen LogP contribution in [0.25, 0.3) is 0 Å². The summed E-state index contributed by atoms with van der Waals surface area (Å²) in [5.74, 6) is -0.442. The molecule has 2 aromatic carbocycles. The Labute approximate surface area is 139 Å². The van der Waals surface area contributed by atoms with Crippen molar-refractivity contribution in [2.45, 2.75) is 6.54 Å². The van der Waals surface area contributed by atoms with Crippen LogP contribution in [-0.2, 0) is 6.54 Å². The first-order valence-corrected chi connectivity index (χ1v) is 7.50. The summed E-state index contributed by atoms with van der Waals surface area (Å²) in [5, 5.41) is 6.06. The Kier molecular flexibility index (Phi) is 4.81. The van der Waals surface area contributed by atoms with Gasteiger partial charge in [-0.05, 0) is 54.1 Å². The molecule has 24 heavy (non-hydrogen) atoms. The zero-order valence-electron chi connectivity index (χ0n) is 12.9. The number of anilines is 2. The number of nitrogens with zero attached hydrogens (tertiary/aromatic N) is 1. The lowest BCUT2D eigenvalue weighted by molar-refractivity contribution is 0.102. The molecule has 0 aliphatic heterocycles. The quantitative estimate of drug-likeness (QED) is 0.744. The Hall–Kier alpha value is -3.21. The zero-order chi connectivity index (χ0) is 16.8. The number of carbonyl (C=O) groups is 1. The Bertz CT molecular complexity index is 802. The SMILES string of the molecule is O=C(Nc1ccc(NCc2ccc(F)cc2)cc1)c1cccnc1. The Morgan fingerprint density at radius 2 is 1.67 bits per heavy atom. The lowest BCUT2D eigenvalue weighted by atomic mass is 10.2. The van der Waals surface area contributed by atoms with Crippen LogP contribution in [0, 0.1) is 5.82 Å². The molecule has 0 spiro atoms. The first-order chi connectivity index (χ1) is 11.7. The molecule has 0 bridgehead atoms. The van der Waals surface area contributed by atoms with Crippen LogP contribution in [0.1, 0.15) is 15.9 Å². The highest BCUT2D eigenvalue weighted by Crippen LogP contribution is 2.15. The van der Waals surface area contributed by atoms with Crippen LogP contribution in [-0.4, -0.2) is 10.9 Å². The summed E-state index contributed by atoms with van der Waals surface area (Å²) in [6.07, 6.45) is 3.15. The molecule has 5 heteroatoms. The van der Waals surface area contributed by atoms with E-state index in [1.165, 1.54) is 18.3 Å². The van der Waals surface area contributed by atoms with Gasteiger partial charge >= 0.3 is 0 Å². The number of aromatic nitrogens is 1. The van der Waals surface area contributed by atoms with E-state index in [0.717, 1.165) is 11.3 Å². The van der Waals surface area contributed by atoms with Crippen molar-refractivity contribution in [1.29, 1.82) is 0 Å². The third-order valence-corrected chi connectivity index (χ3v) is 3.48. The molecule has 0 aliphatic rings. The number of amides is 1. The zero-order valence-corrected chi connectivity index (χ0v) is 12.9. The molecule has 1 aromatic heterocycles. The van der Waals surface area contributed by atoms with E-state index in [4.69, 9.17) is 0 Å². The van der Waals surface area contributed by atoms with Crippen LogP contribution < -0.4 is 10.6 Å². The van der Waals surface area contributed by atoms with Gasteiger partial charge in [0.25, 0.3) is 5.91 Å². The van der Waals surface area contributed by atoms with Crippen molar-refractivity contribution in [1.82, 2.24) is 4.98 Å². The summed E-state index contributed by atoms with van der Waals surface area (Å²) < 4.78 is 12.9. The number of carbonyl (C=O) groups excluding carboxylic acids is 1. The summed E-state index contributed by atoms with van der Waals surface area (Å²) in [6.45, 7) is 0.599. The van der Waals surface area contributed by atoms with Gasteiger partial charge in [0.1, 0.15) is 5.82 Å². The summed E-state index contributed by atoms with van der Waals surface area (Å²) in [4.78, 5) is 16.0. The van der Waals surface area contributed by atoms with Crippen molar-refractivity contribution in [3.63, 3.8) is 0 Å². The Morgan fingerprint density at radius 3 is 2.33 bits per heavy atom. The van der Waals surface area contributed by atoms with E-state index >= 15 is 0 Å². The minimum atomic E-state index is -0.243. The fraction of sp³-hybridized carbons (Fsp3) is 0.0526. The average molecular weight is 321 g/mol. The minimum Gasteiger partial charge on any atom is -0.381 e. The molecule has 0 atom stereocenters. The Balaban J connectivity index is 1.57. The molecule has 3 aromatic rings. The molecule has 0 radical (unpaired) electrons. The van der Waals surface area contributed by atoms with E-state index < -0.39 is 0 Å². The van der Waals surface area contributed by atoms with Crippen LogP contribution in [0.5, 0.6) is 0 Å². The second-order valence-corrected chi connectivity index (χ2v) is 5.25. The van der Waals surface area contributed by atoms with Crippen LogP contribution >= 0.6 is 0 Å². The van der Waals surface area contributed by atoms with E-state index in [9.17, 15) is 9.18 Å². The molecule has 120 valence electrons. The molecule has 0 fully saturated rings. The largest absolute Gasteiger partial charge is 0.381 e. The number of nitrogens with one attached hydrogen (secondary N) is 2. The van der Waals surface area contributed by atoms with Gasteiger partial charge in [0.15, 0.2) is 0 Å². The molecular formula is C19H16FN3O. The molecule has 2 N–H and O–H groups in total. The smallest absolute Gasteiger partial charge is 0.257 e. The summed E-state index contributed by atoms with van der Waals surface area (Å²) in [6, 6.07) is 17.2. The lowest BCUT2D eigenvalue weighted by Gasteiger charge is -2.09. The van der Waals surface area contributed by atoms with E-state index in [2.05, 4.69) is 15.6 Å².